The number of aromatic nitrogens is 2. The highest BCUT2D eigenvalue weighted by Crippen LogP contribution is 2.41. The first kappa shape index (κ1) is 25.3. The van der Waals surface area contributed by atoms with E-state index in [0.717, 1.165) is 50.5 Å². The van der Waals surface area contributed by atoms with Crippen molar-refractivity contribution in [1.82, 2.24) is 24.1 Å². The van der Waals surface area contributed by atoms with E-state index < -0.39 is 15.3 Å². The zero-order valence-electron chi connectivity index (χ0n) is 21.7. The Morgan fingerprint density at radius 1 is 1.00 bits per heavy atom. The fourth-order valence-corrected chi connectivity index (χ4v) is 7.71. The van der Waals surface area contributed by atoms with Crippen molar-refractivity contribution in [1.29, 1.82) is 0 Å². The topological polar surface area (TPSA) is 86.7 Å². The minimum absolute atomic E-state index is 0.0514. The van der Waals surface area contributed by atoms with E-state index >= 15 is 0 Å². The molecule has 5 rings (SSSR count). The SMILES string of the molecule is Cc1ncnc(C)c1C(=O)N1CC2CN(CCC3(c4ccccc4)CN(S(=O)(=O)C(C)C)C3)CC2C1. The Kier molecular flexibility index (Phi) is 6.68. The van der Waals surface area contributed by atoms with Gasteiger partial charge in [-0.15, -0.1) is 0 Å². The molecule has 3 aliphatic heterocycles. The van der Waals surface area contributed by atoms with E-state index in [2.05, 4.69) is 27.0 Å². The Bertz CT molecular complexity index is 1190. The number of rotatable bonds is 7. The summed E-state index contributed by atoms with van der Waals surface area (Å²) in [7, 11) is -3.24. The Balaban J connectivity index is 1.21. The summed E-state index contributed by atoms with van der Waals surface area (Å²) in [6.07, 6.45) is 2.45. The number of hydrogen-bond donors (Lipinski definition) is 0. The van der Waals surface area contributed by atoms with Crippen molar-refractivity contribution < 1.29 is 13.2 Å². The molecule has 2 unspecified atom stereocenters. The first-order valence-electron chi connectivity index (χ1n) is 12.9. The predicted molar refractivity (Wildman–Crippen MR) is 139 cm³/mol. The summed E-state index contributed by atoms with van der Waals surface area (Å²) in [5.41, 5.74) is 3.22. The first-order valence-corrected chi connectivity index (χ1v) is 14.5. The highest BCUT2D eigenvalue weighted by Gasteiger charge is 2.50. The van der Waals surface area contributed by atoms with Gasteiger partial charge in [-0.05, 0) is 58.1 Å². The van der Waals surface area contributed by atoms with Crippen LogP contribution in [-0.2, 0) is 15.4 Å². The third kappa shape index (κ3) is 4.46. The molecule has 3 fully saturated rings. The molecule has 2 aromatic rings. The lowest BCUT2D eigenvalue weighted by molar-refractivity contribution is 0.0767. The van der Waals surface area contributed by atoms with E-state index in [1.807, 2.05) is 36.9 Å². The van der Waals surface area contributed by atoms with Crippen LogP contribution in [0.15, 0.2) is 36.7 Å². The number of hydrogen-bond acceptors (Lipinski definition) is 6. The second-order valence-corrected chi connectivity index (χ2v) is 13.7. The Morgan fingerprint density at radius 2 is 1.58 bits per heavy atom. The summed E-state index contributed by atoms with van der Waals surface area (Å²) in [4.78, 5) is 26.2. The van der Waals surface area contributed by atoms with Gasteiger partial charge in [0, 0.05) is 44.7 Å². The van der Waals surface area contributed by atoms with Crippen LogP contribution in [0.3, 0.4) is 0 Å². The van der Waals surface area contributed by atoms with Gasteiger partial charge in [-0.2, -0.15) is 4.31 Å². The zero-order valence-corrected chi connectivity index (χ0v) is 22.5. The van der Waals surface area contributed by atoms with Crippen LogP contribution >= 0.6 is 0 Å². The normalized spacial score (nSPS) is 24.2. The van der Waals surface area contributed by atoms with Gasteiger partial charge in [0.1, 0.15) is 6.33 Å². The lowest BCUT2D eigenvalue weighted by atomic mass is 9.72. The largest absolute Gasteiger partial charge is 0.338 e. The molecule has 1 amide bonds. The number of carbonyl (C=O) groups excluding carboxylic acids is 1. The first-order chi connectivity index (χ1) is 17.1. The van der Waals surface area contributed by atoms with Crippen molar-refractivity contribution in [2.75, 3.05) is 45.8 Å². The lowest BCUT2D eigenvalue weighted by Crippen LogP contribution is -2.62. The van der Waals surface area contributed by atoms with E-state index in [1.54, 1.807) is 18.2 Å². The fourth-order valence-electron chi connectivity index (χ4n) is 6.26. The average molecular weight is 512 g/mol. The van der Waals surface area contributed by atoms with Crippen molar-refractivity contribution in [3.63, 3.8) is 0 Å². The van der Waals surface area contributed by atoms with E-state index in [-0.39, 0.29) is 11.3 Å². The van der Waals surface area contributed by atoms with Gasteiger partial charge in [-0.3, -0.25) is 4.79 Å². The molecule has 0 radical (unpaired) electrons. The average Bonchev–Trinajstić information content (AvgIpc) is 3.37. The summed E-state index contributed by atoms with van der Waals surface area (Å²) in [6, 6.07) is 10.4. The van der Waals surface area contributed by atoms with Gasteiger partial charge in [0.25, 0.3) is 5.91 Å². The van der Waals surface area contributed by atoms with Crippen LogP contribution in [0, 0.1) is 25.7 Å². The van der Waals surface area contributed by atoms with Crippen molar-refractivity contribution in [3.05, 3.63) is 59.2 Å². The molecule has 1 aromatic heterocycles. The molecule has 0 bridgehead atoms. The molecule has 0 aliphatic carbocycles. The molecular formula is C27H37N5O3S. The number of sulfonamides is 1. The van der Waals surface area contributed by atoms with Gasteiger partial charge in [0.2, 0.25) is 10.0 Å². The molecule has 0 saturated carbocycles. The van der Waals surface area contributed by atoms with Crippen LogP contribution in [0.25, 0.3) is 0 Å². The Morgan fingerprint density at radius 3 is 2.14 bits per heavy atom. The van der Waals surface area contributed by atoms with Gasteiger partial charge >= 0.3 is 0 Å². The number of amides is 1. The van der Waals surface area contributed by atoms with Crippen LogP contribution in [0.1, 0.15) is 47.6 Å². The van der Waals surface area contributed by atoms with Crippen molar-refractivity contribution in [2.45, 2.75) is 44.8 Å². The van der Waals surface area contributed by atoms with E-state index in [0.29, 0.717) is 30.5 Å². The number of likely N-dealkylation sites (tertiary alicyclic amines) is 2. The van der Waals surface area contributed by atoms with E-state index in [4.69, 9.17) is 0 Å². The molecule has 2 atom stereocenters. The van der Waals surface area contributed by atoms with Crippen molar-refractivity contribution in [3.8, 4) is 0 Å². The quantitative estimate of drug-likeness (QED) is 0.568. The smallest absolute Gasteiger partial charge is 0.257 e. The molecule has 36 heavy (non-hydrogen) atoms. The monoisotopic (exact) mass is 511 g/mol. The van der Waals surface area contributed by atoms with Gasteiger partial charge in [-0.25, -0.2) is 18.4 Å². The maximum absolute atomic E-state index is 13.2. The molecule has 8 nitrogen and oxygen atoms in total. The minimum Gasteiger partial charge on any atom is -0.338 e. The van der Waals surface area contributed by atoms with E-state index in [9.17, 15) is 13.2 Å². The number of aryl methyl sites for hydroxylation is 2. The van der Waals surface area contributed by atoms with Gasteiger partial charge in [0.15, 0.2) is 0 Å². The van der Waals surface area contributed by atoms with Crippen molar-refractivity contribution >= 4 is 15.9 Å². The fraction of sp³-hybridized carbons (Fsp3) is 0.593. The third-order valence-electron chi connectivity index (χ3n) is 8.50. The van der Waals surface area contributed by atoms with Crippen LogP contribution in [0.2, 0.25) is 0 Å². The Labute approximate surface area is 214 Å². The predicted octanol–water partition coefficient (Wildman–Crippen LogP) is 2.48. The second kappa shape index (κ2) is 9.50. The summed E-state index contributed by atoms with van der Waals surface area (Å²) in [5, 5.41) is -0.398. The molecule has 0 N–H and O–H groups in total. The maximum Gasteiger partial charge on any atom is 0.257 e. The molecule has 194 valence electrons. The summed E-state index contributed by atoms with van der Waals surface area (Å²) >= 11 is 0. The van der Waals surface area contributed by atoms with Gasteiger partial charge < -0.3 is 9.80 Å². The molecular weight excluding hydrogens is 474 g/mol. The lowest BCUT2D eigenvalue weighted by Gasteiger charge is -2.51. The van der Waals surface area contributed by atoms with Crippen molar-refractivity contribution in [2.24, 2.45) is 11.8 Å². The third-order valence-corrected chi connectivity index (χ3v) is 10.7. The summed E-state index contributed by atoms with van der Waals surface area (Å²) in [5.74, 6) is 1.01. The molecule has 1 aromatic carbocycles. The maximum atomic E-state index is 13.2. The molecule has 4 heterocycles. The van der Waals surface area contributed by atoms with Gasteiger partial charge in [0.05, 0.1) is 22.2 Å². The highest BCUT2D eigenvalue weighted by atomic mass is 32.2. The molecule has 3 saturated heterocycles. The van der Waals surface area contributed by atoms with Crippen LogP contribution in [0.5, 0.6) is 0 Å². The van der Waals surface area contributed by atoms with E-state index in [1.165, 1.54) is 11.9 Å². The minimum atomic E-state index is -3.24. The number of benzene rings is 1. The number of carbonyl (C=O) groups is 1. The van der Waals surface area contributed by atoms with Crippen LogP contribution in [0.4, 0.5) is 0 Å². The standard InChI is InChI=1S/C27H37N5O3S/c1-19(2)36(34,35)32-16-27(17-32,24-8-6-5-7-9-24)10-11-30-12-22-14-31(15-23(22)13-30)26(33)25-20(3)28-18-29-21(25)4/h5-9,18-19,22-23H,10-17H2,1-4H3. The Hall–Kier alpha value is -2.36. The zero-order chi connectivity index (χ0) is 25.7. The number of nitrogens with zero attached hydrogens (tertiary/aromatic N) is 5. The summed E-state index contributed by atoms with van der Waals surface area (Å²) in [6.45, 7) is 12.8. The van der Waals surface area contributed by atoms with Crippen LogP contribution in [-0.4, -0.2) is 89.5 Å². The summed E-state index contributed by atoms with van der Waals surface area (Å²) < 4.78 is 27.1. The van der Waals surface area contributed by atoms with Crippen LogP contribution < -0.4 is 0 Å². The number of fused-ring (bicyclic) bond motifs is 1. The molecule has 3 aliphatic rings. The second-order valence-electron chi connectivity index (χ2n) is 11.2. The highest BCUT2D eigenvalue weighted by molar-refractivity contribution is 7.89. The van der Waals surface area contributed by atoms with Gasteiger partial charge in [-0.1, -0.05) is 30.3 Å². The molecule has 0 spiro atoms. The molecule has 9 heteroatoms.